The highest BCUT2D eigenvalue weighted by molar-refractivity contribution is 14.1. The number of benzene rings is 1. The van der Waals surface area contributed by atoms with Crippen LogP contribution in [0.15, 0.2) is 18.2 Å². The van der Waals surface area contributed by atoms with E-state index in [1.165, 1.54) is 12.1 Å². The lowest BCUT2D eigenvalue weighted by atomic mass is 10.2. The van der Waals surface area contributed by atoms with E-state index in [1.54, 1.807) is 6.07 Å². The Bertz CT molecular complexity index is 287. The molecule has 11 heavy (non-hydrogen) atoms. The molecule has 1 atom stereocenters. The minimum atomic E-state index is -0.228. The lowest BCUT2D eigenvalue weighted by Crippen LogP contribution is -1.89. The number of rotatable bonds is 0. The molecule has 0 amide bonds. The molecule has 1 nitrogen and oxygen atoms in total. The molecule has 1 aromatic carbocycles. The third kappa shape index (κ3) is 1.21. The van der Waals surface area contributed by atoms with E-state index >= 15 is 0 Å². The van der Waals surface area contributed by atoms with E-state index in [0.29, 0.717) is 16.3 Å². The van der Waals surface area contributed by atoms with Gasteiger partial charge in [0.25, 0.3) is 0 Å². The summed E-state index contributed by atoms with van der Waals surface area (Å²) >= 11 is 2.29. The average Bonchev–Trinajstić information content (AvgIpc) is 2.32. The summed E-state index contributed by atoms with van der Waals surface area (Å²) in [6, 6.07) is 4.70. The Kier molecular flexibility index (Phi) is 1.75. The molecule has 1 heterocycles. The summed E-state index contributed by atoms with van der Waals surface area (Å²) in [6.45, 7) is 0.666. The molecule has 0 bridgehead atoms. The van der Waals surface area contributed by atoms with Crippen molar-refractivity contribution in [2.45, 2.75) is 3.92 Å². The molecule has 0 radical (unpaired) electrons. The number of ether oxygens (including phenoxy) is 1. The monoisotopic (exact) mass is 264 g/mol. The fourth-order valence-electron chi connectivity index (χ4n) is 1.14. The van der Waals surface area contributed by atoms with E-state index in [-0.39, 0.29) is 5.82 Å². The first-order valence-corrected chi connectivity index (χ1v) is 4.58. The molecule has 1 aromatic rings. The zero-order valence-electron chi connectivity index (χ0n) is 5.68. The van der Waals surface area contributed by atoms with Crippen LogP contribution in [0.25, 0.3) is 0 Å². The Labute approximate surface area is 77.7 Å². The van der Waals surface area contributed by atoms with Crippen LogP contribution in [-0.2, 0) is 0 Å². The van der Waals surface area contributed by atoms with Crippen LogP contribution >= 0.6 is 22.6 Å². The topological polar surface area (TPSA) is 9.23 Å². The Morgan fingerprint density at radius 3 is 3.18 bits per heavy atom. The molecule has 0 aromatic heterocycles. The van der Waals surface area contributed by atoms with Crippen molar-refractivity contribution >= 4 is 22.6 Å². The predicted molar refractivity (Wildman–Crippen MR) is 48.7 cm³/mol. The van der Waals surface area contributed by atoms with Crippen LogP contribution in [0.3, 0.4) is 0 Å². The molecule has 0 aliphatic carbocycles. The van der Waals surface area contributed by atoms with Gasteiger partial charge >= 0.3 is 0 Å². The Morgan fingerprint density at radius 1 is 1.55 bits per heavy atom. The predicted octanol–water partition coefficient (Wildman–Crippen LogP) is 2.69. The first-order chi connectivity index (χ1) is 5.27. The summed E-state index contributed by atoms with van der Waals surface area (Å²) in [5.74, 6) is 0.471. The van der Waals surface area contributed by atoms with Crippen molar-refractivity contribution in [1.29, 1.82) is 0 Å². The van der Waals surface area contributed by atoms with Crippen LogP contribution < -0.4 is 4.74 Å². The van der Waals surface area contributed by atoms with Gasteiger partial charge in [0, 0.05) is 11.6 Å². The first-order valence-electron chi connectivity index (χ1n) is 3.33. The largest absolute Gasteiger partial charge is 0.492 e. The molecule has 3 heteroatoms. The van der Waals surface area contributed by atoms with Gasteiger partial charge in [-0.05, 0) is 6.07 Å². The van der Waals surface area contributed by atoms with Crippen LogP contribution in [0.5, 0.6) is 5.75 Å². The quantitative estimate of drug-likeness (QED) is 0.517. The summed E-state index contributed by atoms with van der Waals surface area (Å²) in [7, 11) is 0. The maximum atomic E-state index is 12.6. The van der Waals surface area contributed by atoms with Gasteiger partial charge in [0.15, 0.2) is 0 Å². The van der Waals surface area contributed by atoms with E-state index in [2.05, 4.69) is 22.6 Å². The Morgan fingerprint density at radius 2 is 2.36 bits per heavy atom. The zero-order chi connectivity index (χ0) is 7.84. The van der Waals surface area contributed by atoms with E-state index < -0.39 is 0 Å². The molecule has 58 valence electrons. The number of hydrogen-bond donors (Lipinski definition) is 0. The number of fused-ring (bicyclic) bond motifs is 1. The minimum Gasteiger partial charge on any atom is -0.492 e. The SMILES string of the molecule is Fc1ccc2c(c1)OCC2I. The summed E-state index contributed by atoms with van der Waals surface area (Å²) < 4.78 is 18.2. The summed E-state index contributed by atoms with van der Waals surface area (Å²) in [5, 5.41) is 0. The number of hydrogen-bond acceptors (Lipinski definition) is 1. The van der Waals surface area contributed by atoms with Gasteiger partial charge in [0.2, 0.25) is 0 Å². The molecule has 0 spiro atoms. The molecule has 0 fully saturated rings. The summed E-state index contributed by atoms with van der Waals surface area (Å²) in [6.07, 6.45) is 0. The van der Waals surface area contributed by atoms with Crippen molar-refractivity contribution in [1.82, 2.24) is 0 Å². The minimum absolute atomic E-state index is 0.228. The van der Waals surface area contributed by atoms with Crippen molar-refractivity contribution in [2.24, 2.45) is 0 Å². The highest BCUT2D eigenvalue weighted by Gasteiger charge is 2.21. The third-order valence-corrected chi connectivity index (χ3v) is 2.73. The molecule has 1 aliphatic heterocycles. The van der Waals surface area contributed by atoms with Crippen molar-refractivity contribution < 1.29 is 9.13 Å². The fourth-order valence-corrected chi connectivity index (χ4v) is 1.84. The standard InChI is InChI=1S/C8H6FIO/c9-5-1-2-6-7(10)4-11-8(6)3-5/h1-3,7H,4H2. The van der Waals surface area contributed by atoms with Crippen LogP contribution in [0.1, 0.15) is 9.49 Å². The van der Waals surface area contributed by atoms with E-state index in [0.717, 1.165) is 5.56 Å². The molecule has 0 N–H and O–H groups in total. The maximum Gasteiger partial charge on any atom is 0.126 e. The Balaban J connectivity index is 2.50. The highest BCUT2D eigenvalue weighted by Crippen LogP contribution is 2.37. The van der Waals surface area contributed by atoms with E-state index in [4.69, 9.17) is 4.74 Å². The normalized spacial score (nSPS) is 21.1. The molecule has 2 rings (SSSR count). The van der Waals surface area contributed by atoms with Gasteiger partial charge in [-0.15, -0.1) is 0 Å². The second kappa shape index (κ2) is 2.62. The Hall–Kier alpha value is -0.320. The molecule has 0 saturated heterocycles. The smallest absolute Gasteiger partial charge is 0.126 e. The summed E-state index contributed by atoms with van der Waals surface area (Å²) in [5.41, 5.74) is 1.10. The van der Waals surface area contributed by atoms with Crippen LogP contribution in [-0.4, -0.2) is 6.61 Å². The lowest BCUT2D eigenvalue weighted by Gasteiger charge is -1.97. The van der Waals surface area contributed by atoms with Crippen molar-refractivity contribution in [3.63, 3.8) is 0 Å². The third-order valence-electron chi connectivity index (χ3n) is 1.70. The highest BCUT2D eigenvalue weighted by atomic mass is 127. The molecule has 1 unspecified atom stereocenters. The van der Waals surface area contributed by atoms with Gasteiger partial charge in [-0.3, -0.25) is 0 Å². The molecule has 1 aliphatic rings. The van der Waals surface area contributed by atoms with Crippen LogP contribution in [0.2, 0.25) is 0 Å². The zero-order valence-corrected chi connectivity index (χ0v) is 7.84. The van der Waals surface area contributed by atoms with Gasteiger partial charge in [-0.1, -0.05) is 28.7 Å². The molecule has 0 saturated carbocycles. The van der Waals surface area contributed by atoms with Gasteiger partial charge < -0.3 is 4.74 Å². The molecular formula is C8H6FIO. The first kappa shape index (κ1) is 7.34. The lowest BCUT2D eigenvalue weighted by molar-refractivity contribution is 0.356. The fraction of sp³-hybridized carbons (Fsp3) is 0.250. The second-order valence-corrected chi connectivity index (χ2v) is 3.96. The number of alkyl halides is 1. The van der Waals surface area contributed by atoms with Crippen molar-refractivity contribution in [2.75, 3.05) is 6.61 Å². The van der Waals surface area contributed by atoms with E-state index in [9.17, 15) is 4.39 Å². The van der Waals surface area contributed by atoms with Crippen LogP contribution in [0, 0.1) is 5.82 Å². The van der Waals surface area contributed by atoms with Gasteiger partial charge in [-0.25, -0.2) is 4.39 Å². The average molecular weight is 264 g/mol. The van der Waals surface area contributed by atoms with Gasteiger partial charge in [0.05, 0.1) is 3.92 Å². The van der Waals surface area contributed by atoms with Gasteiger partial charge in [0.1, 0.15) is 18.2 Å². The summed E-state index contributed by atoms with van der Waals surface area (Å²) in [4.78, 5) is 0. The second-order valence-electron chi connectivity index (χ2n) is 2.46. The van der Waals surface area contributed by atoms with Gasteiger partial charge in [-0.2, -0.15) is 0 Å². The maximum absolute atomic E-state index is 12.6. The molecular weight excluding hydrogens is 258 g/mol. The van der Waals surface area contributed by atoms with Crippen LogP contribution in [0.4, 0.5) is 4.39 Å². The number of halogens is 2. The van der Waals surface area contributed by atoms with Crippen molar-refractivity contribution in [3.05, 3.63) is 29.6 Å². The van der Waals surface area contributed by atoms with E-state index in [1.807, 2.05) is 0 Å². The van der Waals surface area contributed by atoms with Crippen molar-refractivity contribution in [3.8, 4) is 5.75 Å².